The molecule has 250 valence electrons. The molecule has 0 aliphatic rings. The van der Waals surface area contributed by atoms with Gasteiger partial charge in [0, 0.05) is 17.0 Å². The number of amides is 1. The van der Waals surface area contributed by atoms with E-state index < -0.39 is 41.4 Å². The maximum atomic E-state index is 13.9. The Balaban J connectivity index is 1.85. The van der Waals surface area contributed by atoms with E-state index in [1.54, 1.807) is 0 Å². The largest absolute Gasteiger partial charge is 0.497 e. The Morgan fingerprint density at radius 1 is 0.978 bits per heavy atom. The van der Waals surface area contributed by atoms with Gasteiger partial charge < -0.3 is 29.1 Å². The van der Waals surface area contributed by atoms with Crippen molar-refractivity contribution in [3.8, 4) is 17.4 Å². The van der Waals surface area contributed by atoms with Crippen molar-refractivity contribution in [3.63, 3.8) is 0 Å². The number of nitrogens with one attached hydrogen (secondary N) is 1. The van der Waals surface area contributed by atoms with Crippen LogP contribution < -0.4 is 20.5 Å². The fourth-order valence-corrected chi connectivity index (χ4v) is 4.90. The minimum Gasteiger partial charge on any atom is -0.497 e. The summed E-state index contributed by atoms with van der Waals surface area (Å²) in [5.74, 6) is -3.54. The quantitative estimate of drug-likeness (QED) is 0.0608. The van der Waals surface area contributed by atoms with E-state index in [4.69, 9.17) is 30.2 Å². The number of ether oxygens (including phenoxy) is 3. The van der Waals surface area contributed by atoms with Crippen LogP contribution in [0, 0.1) is 0 Å². The second kappa shape index (κ2) is 18.0. The highest BCUT2D eigenvalue weighted by Gasteiger charge is 2.36. The third-order valence-electron chi connectivity index (χ3n) is 7.35. The molecule has 2 unspecified atom stereocenters. The van der Waals surface area contributed by atoms with Gasteiger partial charge in [0.1, 0.15) is 11.5 Å². The lowest BCUT2D eigenvalue weighted by Crippen LogP contribution is -2.37. The Hall–Kier alpha value is -4.25. The lowest BCUT2D eigenvalue weighted by Gasteiger charge is -2.20. The summed E-state index contributed by atoms with van der Waals surface area (Å²) < 4.78 is 22.2. The first-order valence-corrected chi connectivity index (χ1v) is 16.0. The summed E-state index contributed by atoms with van der Waals surface area (Å²) in [6.07, 6.45) is 6.83. The fourth-order valence-electron chi connectivity index (χ4n) is 4.73. The Kier molecular flexibility index (Phi) is 14.2. The van der Waals surface area contributed by atoms with Crippen LogP contribution in [0.25, 0.3) is 0 Å². The zero-order valence-electron chi connectivity index (χ0n) is 26.8. The van der Waals surface area contributed by atoms with E-state index in [0.717, 1.165) is 38.5 Å². The van der Waals surface area contributed by atoms with Crippen LogP contribution in [0.5, 0.6) is 17.4 Å². The number of carbonyl (C=O) groups is 3. The minimum absolute atomic E-state index is 0.0304. The zero-order chi connectivity index (χ0) is 33.6. The molecule has 0 bridgehead atoms. The number of hydrogen-bond acceptors (Lipinski definition) is 9. The molecule has 2 atom stereocenters. The van der Waals surface area contributed by atoms with Crippen molar-refractivity contribution >= 4 is 34.9 Å². The number of oxazole rings is 1. The summed E-state index contributed by atoms with van der Waals surface area (Å²) in [6.45, 7) is 5.86. The molecule has 11 nitrogen and oxygen atoms in total. The number of halogens is 1. The Labute approximate surface area is 273 Å². The number of nitrogens with zero attached hydrogens (tertiary/aromatic N) is 1. The van der Waals surface area contributed by atoms with E-state index in [0.29, 0.717) is 16.7 Å². The second-order valence-electron chi connectivity index (χ2n) is 10.9. The van der Waals surface area contributed by atoms with Gasteiger partial charge in [0.25, 0.3) is 5.91 Å². The molecule has 0 radical (unpaired) electrons. The number of carbonyl (C=O) groups excluding carboxylic acids is 3. The van der Waals surface area contributed by atoms with Crippen LogP contribution in [0.2, 0.25) is 5.02 Å². The number of aromatic nitrogens is 1. The third kappa shape index (κ3) is 9.87. The molecule has 3 rings (SSSR count). The molecule has 0 fully saturated rings. The summed E-state index contributed by atoms with van der Waals surface area (Å²) in [4.78, 5) is 53.3. The lowest BCUT2D eigenvalue weighted by molar-refractivity contribution is -0.151. The van der Waals surface area contributed by atoms with Crippen LogP contribution >= 0.6 is 11.6 Å². The van der Waals surface area contributed by atoms with E-state index in [9.17, 15) is 24.3 Å². The number of Topliss-reactive ketones (excluding diaryl/α,β-unsaturated/α-hetero) is 1. The molecular formula is C34H43ClN2O9. The molecule has 0 aliphatic carbocycles. The van der Waals surface area contributed by atoms with E-state index >= 15 is 0 Å². The Morgan fingerprint density at radius 2 is 1.65 bits per heavy atom. The minimum atomic E-state index is -1.87. The average molecular weight is 659 g/mol. The maximum absolute atomic E-state index is 13.9. The first-order valence-electron chi connectivity index (χ1n) is 15.7. The van der Waals surface area contributed by atoms with Crippen LogP contribution in [-0.4, -0.2) is 47.2 Å². The first-order chi connectivity index (χ1) is 22.1. The Bertz CT molecular complexity index is 1510. The maximum Gasteiger partial charge on any atom is 0.423 e. The summed E-state index contributed by atoms with van der Waals surface area (Å²) in [5.41, 5.74) is 0.107. The summed E-state index contributed by atoms with van der Waals surface area (Å²) >= 11 is 6.23. The molecule has 0 spiro atoms. The monoisotopic (exact) mass is 658 g/mol. The van der Waals surface area contributed by atoms with E-state index in [-0.39, 0.29) is 40.8 Å². The van der Waals surface area contributed by atoms with Crippen LogP contribution in [0.4, 0.5) is 5.69 Å². The normalized spacial score (nSPS) is 12.3. The van der Waals surface area contributed by atoms with Crippen LogP contribution in [-0.2, 0) is 20.7 Å². The number of esters is 1. The van der Waals surface area contributed by atoms with Gasteiger partial charge in [-0.25, -0.2) is 14.2 Å². The van der Waals surface area contributed by atoms with Crippen LogP contribution in [0.3, 0.4) is 0 Å². The van der Waals surface area contributed by atoms with Crippen molar-refractivity contribution in [2.75, 3.05) is 19.0 Å². The third-order valence-corrected chi connectivity index (χ3v) is 7.58. The molecule has 12 heteroatoms. The molecule has 3 aromatic rings. The van der Waals surface area contributed by atoms with Gasteiger partial charge in [0.05, 0.1) is 19.4 Å². The molecule has 0 saturated carbocycles. The van der Waals surface area contributed by atoms with Crippen molar-refractivity contribution in [1.29, 1.82) is 0 Å². The van der Waals surface area contributed by atoms with Gasteiger partial charge in [-0.1, -0.05) is 64.0 Å². The molecule has 2 aromatic carbocycles. The summed E-state index contributed by atoms with van der Waals surface area (Å²) in [5, 5.41) is 13.8. The highest BCUT2D eigenvalue weighted by Crippen LogP contribution is 2.32. The molecule has 0 aliphatic heterocycles. The van der Waals surface area contributed by atoms with E-state index in [2.05, 4.69) is 12.2 Å². The van der Waals surface area contributed by atoms with Crippen molar-refractivity contribution in [2.24, 2.45) is 0 Å². The molecule has 2 N–H and O–H groups in total. The first kappa shape index (κ1) is 36.2. The highest BCUT2D eigenvalue weighted by atomic mass is 35.5. The SMILES string of the molecule is CCCCCCCCOC(=O)C(C)Oc1ccc(Cl)cc1NC(=O)C(C(=O)c1ccc(OC)cc1)n1c(O)c(CCCC)oc1=O. The predicted molar refractivity (Wildman–Crippen MR) is 174 cm³/mol. The number of anilines is 1. The number of hydrogen-bond donors (Lipinski definition) is 2. The van der Waals surface area contributed by atoms with Gasteiger partial charge >= 0.3 is 11.7 Å². The highest BCUT2D eigenvalue weighted by molar-refractivity contribution is 6.31. The van der Waals surface area contributed by atoms with Crippen LogP contribution in [0.15, 0.2) is 51.7 Å². The zero-order valence-corrected chi connectivity index (χ0v) is 27.6. The summed E-state index contributed by atoms with van der Waals surface area (Å²) in [7, 11) is 1.47. The molecule has 1 aromatic heterocycles. The number of ketones is 1. The van der Waals surface area contributed by atoms with Crippen molar-refractivity contribution in [3.05, 3.63) is 69.4 Å². The van der Waals surface area contributed by atoms with Crippen molar-refractivity contribution in [2.45, 2.75) is 90.7 Å². The smallest absolute Gasteiger partial charge is 0.423 e. The number of aromatic hydroxyl groups is 1. The molecule has 1 amide bonds. The van der Waals surface area contributed by atoms with Gasteiger partial charge in [-0.2, -0.15) is 0 Å². The van der Waals surface area contributed by atoms with Crippen molar-refractivity contribution < 1.29 is 38.1 Å². The van der Waals surface area contributed by atoms with E-state index in [1.165, 1.54) is 62.9 Å². The van der Waals surface area contributed by atoms with Crippen LogP contribution in [0.1, 0.15) is 94.3 Å². The van der Waals surface area contributed by atoms with Gasteiger partial charge in [-0.05, 0) is 62.2 Å². The number of methoxy groups -OCH3 is 1. The van der Waals surface area contributed by atoms with Gasteiger partial charge in [0.15, 0.2) is 23.7 Å². The number of unbranched alkanes of at least 4 members (excludes halogenated alkanes) is 6. The number of benzene rings is 2. The van der Waals surface area contributed by atoms with Gasteiger partial charge in [0.2, 0.25) is 5.88 Å². The Morgan fingerprint density at radius 3 is 2.33 bits per heavy atom. The molecule has 0 saturated heterocycles. The van der Waals surface area contributed by atoms with Crippen molar-refractivity contribution in [1.82, 2.24) is 4.57 Å². The summed E-state index contributed by atoms with van der Waals surface area (Å²) in [6, 6.07) is 8.41. The lowest BCUT2D eigenvalue weighted by atomic mass is 10.0. The van der Waals surface area contributed by atoms with Gasteiger partial charge in [-0.3, -0.25) is 9.59 Å². The predicted octanol–water partition coefficient (Wildman–Crippen LogP) is 6.89. The molecular weight excluding hydrogens is 616 g/mol. The van der Waals surface area contributed by atoms with Gasteiger partial charge in [-0.15, -0.1) is 0 Å². The number of rotatable bonds is 19. The standard InChI is InChI=1S/C34H43ClN2O9/c1-5-7-9-10-11-12-20-44-33(41)22(3)45-27-19-16-24(35)21-26(27)36-31(39)29(30(38)23-14-17-25(43-4)18-15-23)37-32(40)28(13-8-6-2)46-34(37)42/h14-19,21-22,29,40H,5-13,20H2,1-4H3,(H,36,39). The molecule has 46 heavy (non-hydrogen) atoms. The topological polar surface area (TPSA) is 146 Å². The second-order valence-corrected chi connectivity index (χ2v) is 11.3. The average Bonchev–Trinajstić information content (AvgIpc) is 3.32. The molecule has 1 heterocycles. The van der Waals surface area contributed by atoms with E-state index in [1.807, 2.05) is 6.92 Å². The number of aryl methyl sites for hydroxylation is 1. The fraction of sp³-hybridized carbons (Fsp3) is 0.471.